The van der Waals surface area contributed by atoms with E-state index in [4.69, 9.17) is 5.73 Å². The minimum Gasteiger partial charge on any atom is -0.399 e. The number of hydrogen-bond donors (Lipinski definition) is 2. The number of nitrogen functional groups attached to an aromatic ring is 1. The van der Waals surface area contributed by atoms with Crippen LogP contribution in [-0.4, -0.2) is 23.5 Å². The van der Waals surface area contributed by atoms with Crippen LogP contribution < -0.4 is 11.1 Å². The predicted octanol–water partition coefficient (Wildman–Crippen LogP) is 2.07. The Morgan fingerprint density at radius 2 is 1.94 bits per heavy atom. The molecule has 0 bridgehead atoms. The van der Waals surface area contributed by atoms with E-state index in [0.29, 0.717) is 13.0 Å². The van der Waals surface area contributed by atoms with Crippen LogP contribution in [0.25, 0.3) is 0 Å². The van der Waals surface area contributed by atoms with E-state index < -0.39 is 0 Å². The Labute approximate surface area is 107 Å². The van der Waals surface area contributed by atoms with Crippen molar-refractivity contribution in [1.82, 2.24) is 5.32 Å². The highest BCUT2D eigenvalue weighted by Crippen LogP contribution is 2.19. The van der Waals surface area contributed by atoms with E-state index in [-0.39, 0.29) is 10.7 Å². The third-order valence-corrected chi connectivity index (χ3v) is 3.86. The van der Waals surface area contributed by atoms with Crippen LogP contribution in [0.3, 0.4) is 0 Å². The predicted molar refractivity (Wildman–Crippen MR) is 75.2 cm³/mol. The fourth-order valence-electron chi connectivity index (χ4n) is 1.27. The Kier molecular flexibility index (Phi) is 4.87. The summed E-state index contributed by atoms with van der Waals surface area (Å²) in [5.74, 6) is 0.0527. The fraction of sp³-hybridized carbons (Fsp3) is 0.462. The molecule has 0 aliphatic carbocycles. The molecule has 1 amide bonds. The number of amides is 1. The normalized spacial score (nSPS) is 11.2. The second kappa shape index (κ2) is 5.96. The van der Waals surface area contributed by atoms with E-state index in [0.717, 1.165) is 11.3 Å². The maximum atomic E-state index is 11.7. The Morgan fingerprint density at radius 3 is 2.47 bits per heavy atom. The van der Waals surface area contributed by atoms with Gasteiger partial charge in [-0.05, 0) is 37.8 Å². The lowest BCUT2D eigenvalue weighted by Crippen LogP contribution is -2.36. The first-order valence-corrected chi connectivity index (χ1v) is 6.82. The smallest absolute Gasteiger partial charge is 0.224 e. The van der Waals surface area contributed by atoms with E-state index in [1.165, 1.54) is 0 Å². The first-order chi connectivity index (χ1) is 7.93. The standard InChI is InChI=1S/C13H20N2OS/c1-13(2,17-3)9-15-12(16)8-10-4-6-11(14)7-5-10/h4-7H,8-9,14H2,1-3H3,(H,15,16). The lowest BCUT2D eigenvalue weighted by atomic mass is 10.1. The summed E-state index contributed by atoms with van der Waals surface area (Å²) in [7, 11) is 0. The number of hydrogen-bond acceptors (Lipinski definition) is 3. The molecule has 0 unspecified atom stereocenters. The second-order valence-electron chi connectivity index (χ2n) is 4.66. The van der Waals surface area contributed by atoms with Crippen molar-refractivity contribution in [2.75, 3.05) is 18.5 Å². The van der Waals surface area contributed by atoms with Gasteiger partial charge < -0.3 is 11.1 Å². The van der Waals surface area contributed by atoms with Crippen molar-refractivity contribution < 1.29 is 4.79 Å². The summed E-state index contributed by atoms with van der Waals surface area (Å²) in [6.45, 7) is 4.91. The summed E-state index contributed by atoms with van der Waals surface area (Å²) in [5, 5.41) is 2.95. The molecule has 0 fully saturated rings. The van der Waals surface area contributed by atoms with Crippen LogP contribution >= 0.6 is 11.8 Å². The van der Waals surface area contributed by atoms with Crippen LogP contribution in [0.1, 0.15) is 19.4 Å². The topological polar surface area (TPSA) is 55.1 Å². The number of rotatable bonds is 5. The van der Waals surface area contributed by atoms with Crippen molar-refractivity contribution in [3.8, 4) is 0 Å². The maximum absolute atomic E-state index is 11.7. The summed E-state index contributed by atoms with van der Waals surface area (Å²) in [4.78, 5) is 11.7. The van der Waals surface area contributed by atoms with Crippen molar-refractivity contribution in [3.63, 3.8) is 0 Å². The van der Waals surface area contributed by atoms with Crippen LogP contribution in [0.5, 0.6) is 0 Å². The Balaban J connectivity index is 2.42. The molecule has 0 saturated carbocycles. The van der Waals surface area contributed by atoms with Crippen molar-refractivity contribution in [3.05, 3.63) is 29.8 Å². The zero-order valence-electron chi connectivity index (χ0n) is 10.6. The van der Waals surface area contributed by atoms with Gasteiger partial charge >= 0.3 is 0 Å². The van der Waals surface area contributed by atoms with Crippen LogP contribution in [0.2, 0.25) is 0 Å². The molecule has 1 rings (SSSR count). The molecule has 3 nitrogen and oxygen atoms in total. The molecule has 0 spiro atoms. The molecular weight excluding hydrogens is 232 g/mol. The van der Waals surface area contributed by atoms with Gasteiger partial charge in [0, 0.05) is 17.0 Å². The second-order valence-corrected chi connectivity index (χ2v) is 6.17. The SMILES string of the molecule is CSC(C)(C)CNC(=O)Cc1ccc(N)cc1. The number of nitrogens with one attached hydrogen (secondary N) is 1. The summed E-state index contributed by atoms with van der Waals surface area (Å²) in [6.07, 6.45) is 2.46. The highest BCUT2D eigenvalue weighted by Gasteiger charge is 2.16. The molecule has 0 radical (unpaired) electrons. The zero-order valence-corrected chi connectivity index (χ0v) is 11.4. The number of benzene rings is 1. The molecule has 4 heteroatoms. The largest absolute Gasteiger partial charge is 0.399 e. The third kappa shape index (κ3) is 5.13. The molecular formula is C13H20N2OS. The number of thioether (sulfide) groups is 1. The van der Waals surface area contributed by atoms with E-state index in [9.17, 15) is 4.79 Å². The molecule has 0 aromatic heterocycles. The minimum atomic E-state index is 0.0527. The van der Waals surface area contributed by atoms with Gasteiger partial charge in [-0.2, -0.15) is 11.8 Å². The van der Waals surface area contributed by atoms with E-state index in [2.05, 4.69) is 19.2 Å². The van der Waals surface area contributed by atoms with Gasteiger partial charge in [-0.15, -0.1) is 0 Å². The summed E-state index contributed by atoms with van der Waals surface area (Å²) in [5.41, 5.74) is 7.29. The Hall–Kier alpha value is -1.16. The van der Waals surface area contributed by atoms with Crippen molar-refractivity contribution >= 4 is 23.4 Å². The van der Waals surface area contributed by atoms with Gasteiger partial charge in [0.1, 0.15) is 0 Å². The molecule has 17 heavy (non-hydrogen) atoms. The lowest BCUT2D eigenvalue weighted by molar-refractivity contribution is -0.120. The highest BCUT2D eigenvalue weighted by molar-refractivity contribution is 7.99. The minimum absolute atomic E-state index is 0.0527. The highest BCUT2D eigenvalue weighted by atomic mass is 32.2. The molecule has 0 heterocycles. The molecule has 94 valence electrons. The molecule has 1 aromatic carbocycles. The summed E-state index contributed by atoms with van der Waals surface area (Å²) < 4.78 is 0.0801. The molecule has 0 aliphatic rings. The monoisotopic (exact) mass is 252 g/mol. The number of nitrogens with two attached hydrogens (primary N) is 1. The van der Waals surface area contributed by atoms with Gasteiger partial charge in [-0.1, -0.05) is 12.1 Å². The van der Waals surface area contributed by atoms with Crippen molar-refractivity contribution in [2.45, 2.75) is 25.0 Å². The van der Waals surface area contributed by atoms with Crippen LogP contribution in [0.4, 0.5) is 5.69 Å². The molecule has 0 atom stereocenters. The summed E-state index contributed by atoms with van der Waals surface area (Å²) in [6, 6.07) is 7.39. The Morgan fingerprint density at radius 1 is 1.35 bits per heavy atom. The quantitative estimate of drug-likeness (QED) is 0.789. The number of anilines is 1. The average molecular weight is 252 g/mol. The van der Waals surface area contributed by atoms with Crippen molar-refractivity contribution in [1.29, 1.82) is 0 Å². The van der Waals surface area contributed by atoms with Gasteiger partial charge in [-0.3, -0.25) is 4.79 Å². The molecule has 1 aromatic rings. The van der Waals surface area contributed by atoms with Gasteiger partial charge in [0.05, 0.1) is 6.42 Å². The van der Waals surface area contributed by atoms with E-state index in [1.54, 1.807) is 11.8 Å². The Bertz CT molecular complexity index is 374. The lowest BCUT2D eigenvalue weighted by Gasteiger charge is -2.22. The molecule has 0 aliphatic heterocycles. The van der Waals surface area contributed by atoms with E-state index >= 15 is 0 Å². The first-order valence-electron chi connectivity index (χ1n) is 5.59. The third-order valence-electron chi connectivity index (χ3n) is 2.61. The fourth-order valence-corrected chi connectivity index (χ4v) is 1.48. The molecule has 3 N–H and O–H groups in total. The zero-order chi connectivity index (χ0) is 12.9. The summed E-state index contributed by atoms with van der Waals surface area (Å²) >= 11 is 1.75. The number of carbonyl (C=O) groups excluding carboxylic acids is 1. The van der Waals surface area contributed by atoms with Gasteiger partial charge in [0.25, 0.3) is 0 Å². The van der Waals surface area contributed by atoms with Crippen LogP contribution in [-0.2, 0) is 11.2 Å². The maximum Gasteiger partial charge on any atom is 0.224 e. The average Bonchev–Trinajstić information content (AvgIpc) is 2.30. The van der Waals surface area contributed by atoms with Gasteiger partial charge in [0.15, 0.2) is 0 Å². The van der Waals surface area contributed by atoms with E-state index in [1.807, 2.05) is 30.5 Å². The number of carbonyl (C=O) groups is 1. The van der Waals surface area contributed by atoms with Crippen LogP contribution in [0.15, 0.2) is 24.3 Å². The van der Waals surface area contributed by atoms with Crippen LogP contribution in [0, 0.1) is 0 Å². The van der Waals surface area contributed by atoms with Crippen molar-refractivity contribution in [2.24, 2.45) is 0 Å². The van der Waals surface area contributed by atoms with Gasteiger partial charge in [0.2, 0.25) is 5.91 Å². The van der Waals surface area contributed by atoms with Gasteiger partial charge in [-0.25, -0.2) is 0 Å². The molecule has 0 saturated heterocycles. The first kappa shape index (κ1) is 13.9.